The predicted octanol–water partition coefficient (Wildman–Crippen LogP) is 4.15. The van der Waals surface area contributed by atoms with Crippen LogP contribution in [0.4, 0.5) is 4.39 Å². The van der Waals surface area contributed by atoms with Crippen LogP contribution in [0, 0.1) is 12.7 Å². The van der Waals surface area contributed by atoms with E-state index in [0.717, 1.165) is 15.6 Å². The number of aryl methyl sites for hydroxylation is 1. The molecule has 0 amide bonds. The van der Waals surface area contributed by atoms with Crippen molar-refractivity contribution in [1.82, 2.24) is 0 Å². The van der Waals surface area contributed by atoms with Crippen LogP contribution in [0.2, 0.25) is 0 Å². The summed E-state index contributed by atoms with van der Waals surface area (Å²) in [7, 11) is 0. The molecule has 0 aliphatic heterocycles. The van der Waals surface area contributed by atoms with E-state index < -0.39 is 0 Å². The minimum absolute atomic E-state index is 0.211. The SMILES string of the molecule is Cc1ccc(F)c(Oc2cc(Br)ccc2CN)c1. The Hall–Kier alpha value is -1.39. The summed E-state index contributed by atoms with van der Waals surface area (Å²) in [6.45, 7) is 2.23. The van der Waals surface area contributed by atoms with Crippen LogP contribution in [-0.4, -0.2) is 0 Å². The lowest BCUT2D eigenvalue weighted by Crippen LogP contribution is -2.00. The first-order valence-electron chi connectivity index (χ1n) is 5.52. The highest BCUT2D eigenvalue weighted by atomic mass is 79.9. The summed E-state index contributed by atoms with van der Waals surface area (Å²) in [6.07, 6.45) is 0. The van der Waals surface area contributed by atoms with Crippen LogP contribution >= 0.6 is 15.9 Å². The van der Waals surface area contributed by atoms with Gasteiger partial charge in [-0.25, -0.2) is 4.39 Å². The van der Waals surface area contributed by atoms with Crippen LogP contribution in [0.5, 0.6) is 11.5 Å². The van der Waals surface area contributed by atoms with Crippen molar-refractivity contribution in [3.8, 4) is 11.5 Å². The van der Waals surface area contributed by atoms with E-state index in [9.17, 15) is 4.39 Å². The maximum Gasteiger partial charge on any atom is 0.165 e. The van der Waals surface area contributed by atoms with Gasteiger partial charge in [0.2, 0.25) is 0 Å². The predicted molar refractivity (Wildman–Crippen MR) is 73.2 cm³/mol. The molecule has 0 saturated heterocycles. The van der Waals surface area contributed by atoms with Crippen molar-refractivity contribution < 1.29 is 9.13 Å². The fraction of sp³-hybridized carbons (Fsp3) is 0.143. The van der Waals surface area contributed by atoms with Crippen LogP contribution in [-0.2, 0) is 6.54 Å². The molecule has 0 aromatic heterocycles. The van der Waals surface area contributed by atoms with Crippen molar-refractivity contribution in [2.45, 2.75) is 13.5 Å². The van der Waals surface area contributed by atoms with Gasteiger partial charge in [0.25, 0.3) is 0 Å². The van der Waals surface area contributed by atoms with Crippen molar-refractivity contribution in [2.24, 2.45) is 5.73 Å². The van der Waals surface area contributed by atoms with Crippen molar-refractivity contribution in [3.05, 3.63) is 57.8 Å². The molecule has 2 aromatic rings. The molecule has 0 unspecified atom stereocenters. The highest BCUT2D eigenvalue weighted by molar-refractivity contribution is 9.10. The highest BCUT2D eigenvalue weighted by Gasteiger charge is 2.08. The van der Waals surface area contributed by atoms with Crippen LogP contribution in [0.25, 0.3) is 0 Å². The second kappa shape index (κ2) is 5.50. The molecule has 0 aliphatic carbocycles. The van der Waals surface area contributed by atoms with Gasteiger partial charge in [0.1, 0.15) is 5.75 Å². The molecule has 94 valence electrons. The Bertz CT molecular complexity index is 572. The van der Waals surface area contributed by atoms with E-state index in [0.29, 0.717) is 12.3 Å². The Balaban J connectivity index is 2.38. The molecule has 0 fully saturated rings. The van der Waals surface area contributed by atoms with Crippen LogP contribution in [0.3, 0.4) is 0 Å². The van der Waals surface area contributed by atoms with Gasteiger partial charge in [-0.05, 0) is 36.8 Å². The summed E-state index contributed by atoms with van der Waals surface area (Å²) < 4.78 is 20.1. The smallest absolute Gasteiger partial charge is 0.165 e. The van der Waals surface area contributed by atoms with E-state index >= 15 is 0 Å². The van der Waals surface area contributed by atoms with Gasteiger partial charge < -0.3 is 10.5 Å². The van der Waals surface area contributed by atoms with Crippen molar-refractivity contribution in [2.75, 3.05) is 0 Å². The van der Waals surface area contributed by atoms with E-state index in [4.69, 9.17) is 10.5 Å². The minimum Gasteiger partial charge on any atom is -0.454 e. The molecular formula is C14H13BrFNO. The van der Waals surface area contributed by atoms with Gasteiger partial charge in [0, 0.05) is 16.6 Å². The van der Waals surface area contributed by atoms with Gasteiger partial charge in [-0.15, -0.1) is 0 Å². The van der Waals surface area contributed by atoms with E-state index in [1.54, 1.807) is 18.2 Å². The van der Waals surface area contributed by atoms with E-state index in [1.165, 1.54) is 6.07 Å². The van der Waals surface area contributed by atoms with Gasteiger partial charge in [0.15, 0.2) is 11.6 Å². The third-order valence-corrected chi connectivity index (χ3v) is 3.05. The first kappa shape index (κ1) is 13.1. The lowest BCUT2D eigenvalue weighted by Gasteiger charge is -2.11. The number of halogens is 2. The fourth-order valence-corrected chi connectivity index (χ4v) is 1.94. The molecule has 18 heavy (non-hydrogen) atoms. The molecule has 2 nitrogen and oxygen atoms in total. The fourth-order valence-electron chi connectivity index (χ4n) is 1.60. The second-order valence-electron chi connectivity index (χ2n) is 3.99. The zero-order chi connectivity index (χ0) is 13.1. The van der Waals surface area contributed by atoms with Crippen LogP contribution in [0.15, 0.2) is 40.9 Å². The first-order valence-corrected chi connectivity index (χ1v) is 6.32. The Kier molecular flexibility index (Phi) is 3.99. The summed E-state index contributed by atoms with van der Waals surface area (Å²) in [6, 6.07) is 10.3. The molecule has 2 rings (SSSR count). The molecule has 0 radical (unpaired) electrons. The van der Waals surface area contributed by atoms with Gasteiger partial charge in [-0.2, -0.15) is 0 Å². The number of rotatable bonds is 3. The largest absolute Gasteiger partial charge is 0.454 e. The van der Waals surface area contributed by atoms with E-state index in [1.807, 2.05) is 19.1 Å². The maximum atomic E-state index is 13.6. The van der Waals surface area contributed by atoms with Crippen LogP contribution < -0.4 is 10.5 Å². The Labute approximate surface area is 114 Å². The summed E-state index contributed by atoms with van der Waals surface area (Å²) in [5, 5.41) is 0. The average Bonchev–Trinajstić information content (AvgIpc) is 2.34. The van der Waals surface area contributed by atoms with Crippen molar-refractivity contribution in [3.63, 3.8) is 0 Å². The molecule has 0 bridgehead atoms. The summed E-state index contributed by atoms with van der Waals surface area (Å²) in [5.74, 6) is 0.391. The number of benzene rings is 2. The lowest BCUT2D eigenvalue weighted by molar-refractivity contribution is 0.437. The molecule has 4 heteroatoms. The molecule has 0 spiro atoms. The summed E-state index contributed by atoms with van der Waals surface area (Å²) >= 11 is 3.36. The molecule has 0 aliphatic rings. The van der Waals surface area contributed by atoms with E-state index in [-0.39, 0.29) is 11.6 Å². The molecule has 0 saturated carbocycles. The number of ether oxygens (including phenoxy) is 1. The maximum absolute atomic E-state index is 13.6. The molecule has 0 atom stereocenters. The zero-order valence-corrected chi connectivity index (χ0v) is 11.5. The zero-order valence-electron chi connectivity index (χ0n) is 9.91. The quantitative estimate of drug-likeness (QED) is 0.924. The number of nitrogens with two attached hydrogens (primary N) is 1. The Morgan fingerprint density at radius 3 is 2.67 bits per heavy atom. The highest BCUT2D eigenvalue weighted by Crippen LogP contribution is 2.30. The average molecular weight is 310 g/mol. The minimum atomic E-state index is -0.386. The molecular weight excluding hydrogens is 297 g/mol. The summed E-state index contributed by atoms with van der Waals surface area (Å²) in [4.78, 5) is 0. The number of hydrogen-bond acceptors (Lipinski definition) is 2. The van der Waals surface area contributed by atoms with Gasteiger partial charge in [-0.3, -0.25) is 0 Å². The Morgan fingerprint density at radius 2 is 1.94 bits per heavy atom. The Morgan fingerprint density at radius 1 is 1.17 bits per heavy atom. The van der Waals surface area contributed by atoms with Crippen LogP contribution in [0.1, 0.15) is 11.1 Å². The lowest BCUT2D eigenvalue weighted by atomic mass is 10.2. The normalized spacial score (nSPS) is 10.4. The van der Waals surface area contributed by atoms with E-state index in [2.05, 4.69) is 15.9 Å². The van der Waals surface area contributed by atoms with Crippen molar-refractivity contribution in [1.29, 1.82) is 0 Å². The molecule has 2 N–H and O–H groups in total. The third-order valence-electron chi connectivity index (χ3n) is 2.56. The van der Waals surface area contributed by atoms with Gasteiger partial charge >= 0.3 is 0 Å². The topological polar surface area (TPSA) is 35.2 Å². The standard InChI is InChI=1S/C14H13BrFNO/c1-9-2-5-12(16)14(6-9)18-13-7-11(15)4-3-10(13)8-17/h2-7H,8,17H2,1H3. The monoisotopic (exact) mass is 309 g/mol. The van der Waals surface area contributed by atoms with Gasteiger partial charge in [-0.1, -0.05) is 28.1 Å². The second-order valence-corrected chi connectivity index (χ2v) is 4.91. The molecule has 0 heterocycles. The summed E-state index contributed by atoms with van der Waals surface area (Å²) in [5.41, 5.74) is 7.41. The van der Waals surface area contributed by atoms with Crippen molar-refractivity contribution >= 4 is 15.9 Å². The number of hydrogen-bond donors (Lipinski definition) is 1. The third kappa shape index (κ3) is 2.89. The molecule has 2 aromatic carbocycles. The first-order chi connectivity index (χ1) is 8.60. The van der Waals surface area contributed by atoms with Gasteiger partial charge in [0.05, 0.1) is 0 Å².